The molecule has 120 valence electrons. The van der Waals surface area contributed by atoms with E-state index in [9.17, 15) is 9.59 Å². The van der Waals surface area contributed by atoms with Crippen LogP contribution in [0, 0.1) is 18.8 Å². The number of esters is 1. The lowest BCUT2D eigenvalue weighted by molar-refractivity contribution is -0.125. The molecule has 3 atom stereocenters. The van der Waals surface area contributed by atoms with Crippen LogP contribution in [0.15, 0.2) is 24.3 Å². The highest BCUT2D eigenvalue weighted by atomic mass is 16.5. The largest absolute Gasteiger partial charge is 0.452 e. The molecule has 1 N–H and O–H groups in total. The Morgan fingerprint density at radius 3 is 2.77 bits per heavy atom. The minimum atomic E-state index is -0.455. The first-order valence-corrected chi connectivity index (χ1v) is 8.00. The summed E-state index contributed by atoms with van der Waals surface area (Å²) in [6.45, 7) is 6.09. The Labute approximate surface area is 132 Å². The van der Waals surface area contributed by atoms with Crippen LogP contribution in [0.3, 0.4) is 0 Å². The number of hydrogen-bond acceptors (Lipinski definition) is 3. The summed E-state index contributed by atoms with van der Waals surface area (Å²) in [5, 5.41) is 3.00. The van der Waals surface area contributed by atoms with Crippen molar-refractivity contribution >= 4 is 11.9 Å². The van der Waals surface area contributed by atoms with Gasteiger partial charge in [0.2, 0.25) is 0 Å². The van der Waals surface area contributed by atoms with Gasteiger partial charge in [0.1, 0.15) is 0 Å². The maximum atomic E-state index is 12.0. The minimum Gasteiger partial charge on any atom is -0.452 e. The highest BCUT2D eigenvalue weighted by molar-refractivity contribution is 5.91. The van der Waals surface area contributed by atoms with Gasteiger partial charge in [-0.25, -0.2) is 4.79 Å². The van der Waals surface area contributed by atoms with Crippen LogP contribution in [0.2, 0.25) is 0 Å². The molecule has 22 heavy (non-hydrogen) atoms. The summed E-state index contributed by atoms with van der Waals surface area (Å²) in [5.74, 6) is 0.412. The van der Waals surface area contributed by atoms with Gasteiger partial charge in [-0.3, -0.25) is 4.79 Å². The van der Waals surface area contributed by atoms with E-state index in [2.05, 4.69) is 19.2 Å². The average Bonchev–Trinajstić information content (AvgIpc) is 2.49. The van der Waals surface area contributed by atoms with Gasteiger partial charge in [-0.2, -0.15) is 0 Å². The fourth-order valence-corrected chi connectivity index (χ4v) is 3.02. The summed E-state index contributed by atoms with van der Waals surface area (Å²) in [7, 11) is 0. The van der Waals surface area contributed by atoms with Crippen LogP contribution in [-0.4, -0.2) is 24.5 Å². The van der Waals surface area contributed by atoms with E-state index < -0.39 is 5.97 Å². The minimum absolute atomic E-state index is 0.189. The standard InChI is InChI=1S/C18H25NO3/c1-12-6-4-8-15(10-12)18(21)22-11-17(20)19-16-9-5-7-13(2)14(16)3/h4,6,8,10,13-14,16H,5,7,9,11H2,1-3H3,(H,19,20)/t13-,14+,16+/m1/s1. The summed E-state index contributed by atoms with van der Waals surface area (Å²) in [5.41, 5.74) is 1.47. The Hall–Kier alpha value is -1.84. The molecule has 1 saturated carbocycles. The molecule has 0 heterocycles. The van der Waals surface area contributed by atoms with Crippen LogP contribution in [0.25, 0.3) is 0 Å². The topological polar surface area (TPSA) is 55.4 Å². The van der Waals surface area contributed by atoms with E-state index in [1.807, 2.05) is 13.0 Å². The fourth-order valence-electron chi connectivity index (χ4n) is 3.02. The number of hydrogen-bond donors (Lipinski definition) is 1. The molecule has 0 spiro atoms. The Bertz CT molecular complexity index is 541. The van der Waals surface area contributed by atoms with Gasteiger partial charge < -0.3 is 10.1 Å². The zero-order valence-corrected chi connectivity index (χ0v) is 13.6. The molecule has 0 saturated heterocycles. The molecule has 4 heteroatoms. The third kappa shape index (κ3) is 4.33. The van der Waals surface area contributed by atoms with Crippen molar-refractivity contribution in [3.8, 4) is 0 Å². The number of carbonyl (C=O) groups is 2. The molecule has 1 amide bonds. The van der Waals surface area contributed by atoms with E-state index in [0.29, 0.717) is 17.4 Å². The summed E-state index contributed by atoms with van der Waals surface area (Å²) in [4.78, 5) is 23.9. The smallest absolute Gasteiger partial charge is 0.338 e. The number of nitrogens with one attached hydrogen (secondary N) is 1. The first kappa shape index (κ1) is 16.5. The van der Waals surface area contributed by atoms with Gasteiger partial charge in [-0.15, -0.1) is 0 Å². The van der Waals surface area contributed by atoms with Crippen LogP contribution in [0.4, 0.5) is 0 Å². The molecule has 2 rings (SSSR count). The second-order valence-corrected chi connectivity index (χ2v) is 6.39. The van der Waals surface area contributed by atoms with Crippen LogP contribution in [0.1, 0.15) is 49.0 Å². The van der Waals surface area contributed by atoms with E-state index in [4.69, 9.17) is 4.74 Å². The highest BCUT2D eigenvalue weighted by Crippen LogP contribution is 2.29. The van der Waals surface area contributed by atoms with Gasteiger partial charge in [0.05, 0.1) is 5.56 Å². The average molecular weight is 303 g/mol. The van der Waals surface area contributed by atoms with Crippen LogP contribution >= 0.6 is 0 Å². The quantitative estimate of drug-likeness (QED) is 0.870. The lowest BCUT2D eigenvalue weighted by Gasteiger charge is -2.34. The SMILES string of the molecule is Cc1cccc(C(=O)OCC(=O)N[C@H]2CCC[C@@H](C)[C@@H]2C)c1. The number of ether oxygens (including phenoxy) is 1. The van der Waals surface area contributed by atoms with Gasteiger partial charge in [0, 0.05) is 6.04 Å². The Kier molecular flexibility index (Phi) is 5.58. The van der Waals surface area contributed by atoms with Gasteiger partial charge in [-0.1, -0.05) is 44.4 Å². The Morgan fingerprint density at radius 1 is 1.27 bits per heavy atom. The van der Waals surface area contributed by atoms with Crippen molar-refractivity contribution in [2.45, 2.75) is 46.1 Å². The van der Waals surface area contributed by atoms with Crippen molar-refractivity contribution in [3.05, 3.63) is 35.4 Å². The number of amides is 1. The maximum absolute atomic E-state index is 12.0. The van der Waals surface area contributed by atoms with Crippen molar-refractivity contribution in [3.63, 3.8) is 0 Å². The molecule has 0 aromatic heterocycles. The Morgan fingerprint density at radius 2 is 2.05 bits per heavy atom. The molecular weight excluding hydrogens is 278 g/mol. The molecule has 0 aliphatic heterocycles. The zero-order valence-electron chi connectivity index (χ0n) is 13.6. The van der Waals surface area contributed by atoms with Gasteiger partial charge in [-0.05, 0) is 37.3 Å². The summed E-state index contributed by atoms with van der Waals surface area (Å²) in [6.07, 6.45) is 3.36. The predicted molar refractivity (Wildman–Crippen MR) is 85.6 cm³/mol. The molecule has 1 aliphatic carbocycles. The normalized spacial score (nSPS) is 24.6. The third-order valence-electron chi connectivity index (χ3n) is 4.64. The third-order valence-corrected chi connectivity index (χ3v) is 4.64. The van der Waals surface area contributed by atoms with Crippen molar-refractivity contribution in [1.82, 2.24) is 5.32 Å². The fraction of sp³-hybridized carbons (Fsp3) is 0.556. The summed E-state index contributed by atoms with van der Waals surface area (Å²) in [6, 6.07) is 7.35. The van der Waals surface area contributed by atoms with E-state index in [1.54, 1.807) is 18.2 Å². The lowest BCUT2D eigenvalue weighted by atomic mass is 9.78. The van der Waals surface area contributed by atoms with Gasteiger partial charge in [0.25, 0.3) is 5.91 Å². The monoisotopic (exact) mass is 303 g/mol. The van der Waals surface area contributed by atoms with E-state index in [0.717, 1.165) is 18.4 Å². The van der Waals surface area contributed by atoms with E-state index >= 15 is 0 Å². The number of carbonyl (C=O) groups excluding carboxylic acids is 2. The summed E-state index contributed by atoms with van der Waals surface area (Å²) < 4.78 is 5.10. The second kappa shape index (κ2) is 7.43. The molecule has 1 fully saturated rings. The molecule has 0 bridgehead atoms. The molecule has 1 aromatic rings. The van der Waals surface area contributed by atoms with Crippen molar-refractivity contribution < 1.29 is 14.3 Å². The molecule has 1 aromatic carbocycles. The van der Waals surface area contributed by atoms with E-state index in [-0.39, 0.29) is 18.6 Å². The van der Waals surface area contributed by atoms with Crippen molar-refractivity contribution in [2.75, 3.05) is 6.61 Å². The first-order chi connectivity index (χ1) is 10.5. The Balaban J connectivity index is 1.81. The second-order valence-electron chi connectivity index (χ2n) is 6.39. The number of benzene rings is 1. The number of rotatable bonds is 4. The highest BCUT2D eigenvalue weighted by Gasteiger charge is 2.28. The van der Waals surface area contributed by atoms with Crippen molar-refractivity contribution in [1.29, 1.82) is 0 Å². The summed E-state index contributed by atoms with van der Waals surface area (Å²) >= 11 is 0. The van der Waals surface area contributed by atoms with Gasteiger partial charge >= 0.3 is 5.97 Å². The number of aryl methyl sites for hydroxylation is 1. The molecular formula is C18H25NO3. The van der Waals surface area contributed by atoms with Crippen LogP contribution in [-0.2, 0) is 9.53 Å². The van der Waals surface area contributed by atoms with Crippen molar-refractivity contribution in [2.24, 2.45) is 11.8 Å². The first-order valence-electron chi connectivity index (χ1n) is 8.00. The zero-order chi connectivity index (χ0) is 16.1. The molecule has 4 nitrogen and oxygen atoms in total. The van der Waals surface area contributed by atoms with E-state index in [1.165, 1.54) is 6.42 Å². The van der Waals surface area contributed by atoms with Gasteiger partial charge in [0.15, 0.2) is 6.61 Å². The molecule has 1 aliphatic rings. The molecule has 0 unspecified atom stereocenters. The maximum Gasteiger partial charge on any atom is 0.338 e. The molecule has 0 radical (unpaired) electrons. The van der Waals surface area contributed by atoms with Crippen LogP contribution < -0.4 is 5.32 Å². The van der Waals surface area contributed by atoms with Crippen LogP contribution in [0.5, 0.6) is 0 Å². The lowest BCUT2D eigenvalue weighted by Crippen LogP contribution is -2.45. The predicted octanol–water partition coefficient (Wildman–Crippen LogP) is 3.09.